The molecule has 3 heteroatoms. The van der Waals surface area contributed by atoms with Crippen molar-refractivity contribution in [2.24, 2.45) is 0 Å². The molecule has 0 aliphatic rings. The van der Waals surface area contributed by atoms with Gasteiger partial charge in [0.1, 0.15) is 0 Å². The van der Waals surface area contributed by atoms with E-state index in [1.54, 1.807) is 14.0 Å². The van der Waals surface area contributed by atoms with Crippen molar-refractivity contribution < 1.29 is 9.84 Å². The molecule has 0 aromatic heterocycles. The highest BCUT2D eigenvalue weighted by Crippen LogP contribution is 1.86. The molecule has 1 N–H and O–H groups in total. The Labute approximate surface area is 82.1 Å². The van der Waals surface area contributed by atoms with Crippen LogP contribution >= 0.6 is 9.24 Å². The number of hydrogen-bond acceptors (Lipinski definition) is 2. The van der Waals surface area contributed by atoms with E-state index in [-0.39, 0.29) is 6.10 Å². The third kappa shape index (κ3) is 9.48. The first-order valence-corrected chi connectivity index (χ1v) is 4.72. The quantitative estimate of drug-likeness (QED) is 0.727. The van der Waals surface area contributed by atoms with Crippen molar-refractivity contribution in [3.05, 3.63) is 30.3 Å². The Kier molecular flexibility index (Phi) is 7.91. The van der Waals surface area contributed by atoms with Crippen molar-refractivity contribution in [3.63, 3.8) is 0 Å². The lowest BCUT2D eigenvalue weighted by Crippen LogP contribution is -2.07. The molecule has 2 atom stereocenters. The Bertz CT molecular complexity index is 199. The maximum absolute atomic E-state index is 8.43. The molecule has 0 saturated heterocycles. The Balaban J connectivity index is 0.000000226. The van der Waals surface area contributed by atoms with Crippen LogP contribution in [0.15, 0.2) is 30.3 Å². The average Bonchev–Trinajstić information content (AvgIpc) is 2.06. The van der Waals surface area contributed by atoms with E-state index in [0.717, 1.165) is 0 Å². The molecular formula is C10H17O2P. The smallest absolute Gasteiger partial charge is 0.0745 e. The monoisotopic (exact) mass is 200 g/mol. The molecule has 1 rings (SSSR count). The average molecular weight is 200 g/mol. The second kappa shape index (κ2) is 8.18. The zero-order chi connectivity index (χ0) is 10.1. The van der Waals surface area contributed by atoms with Crippen LogP contribution in [-0.4, -0.2) is 24.9 Å². The molecule has 0 radical (unpaired) electrons. The predicted octanol–water partition coefficient (Wildman–Crippen LogP) is 1.20. The Morgan fingerprint density at radius 3 is 2.08 bits per heavy atom. The summed E-state index contributed by atoms with van der Waals surface area (Å²) in [5.74, 6) is 0. The van der Waals surface area contributed by atoms with Gasteiger partial charge in [0.05, 0.1) is 12.7 Å². The highest BCUT2D eigenvalue weighted by atomic mass is 31.0. The molecule has 0 aliphatic heterocycles. The predicted molar refractivity (Wildman–Crippen MR) is 59.3 cm³/mol. The molecule has 0 aliphatic carbocycles. The summed E-state index contributed by atoms with van der Waals surface area (Å²) in [6.07, 6.45) is -0.324. The number of benzene rings is 1. The van der Waals surface area contributed by atoms with Crippen LogP contribution < -0.4 is 5.30 Å². The molecule has 2 nitrogen and oxygen atoms in total. The van der Waals surface area contributed by atoms with Gasteiger partial charge in [-0.25, -0.2) is 0 Å². The normalized spacial score (nSPS) is 11.4. The van der Waals surface area contributed by atoms with E-state index in [2.05, 4.69) is 14.0 Å². The van der Waals surface area contributed by atoms with E-state index in [9.17, 15) is 0 Å². The van der Waals surface area contributed by atoms with Crippen LogP contribution in [0, 0.1) is 0 Å². The maximum atomic E-state index is 8.43. The number of rotatable bonds is 2. The lowest BCUT2D eigenvalue weighted by atomic mass is 10.4. The molecule has 1 aromatic rings. The van der Waals surface area contributed by atoms with Gasteiger partial charge in [-0.05, 0) is 12.2 Å². The van der Waals surface area contributed by atoms with Crippen molar-refractivity contribution in [2.75, 3.05) is 13.7 Å². The van der Waals surface area contributed by atoms with Crippen LogP contribution in [0.5, 0.6) is 0 Å². The Morgan fingerprint density at radius 2 is 1.92 bits per heavy atom. The van der Waals surface area contributed by atoms with Crippen molar-refractivity contribution >= 4 is 14.5 Å². The summed E-state index contributed by atoms with van der Waals surface area (Å²) in [6, 6.07) is 10.1. The maximum Gasteiger partial charge on any atom is 0.0745 e. The Morgan fingerprint density at radius 1 is 1.38 bits per heavy atom. The van der Waals surface area contributed by atoms with Gasteiger partial charge in [-0.1, -0.05) is 30.3 Å². The van der Waals surface area contributed by atoms with E-state index in [1.165, 1.54) is 5.30 Å². The van der Waals surface area contributed by atoms with Crippen LogP contribution in [0.1, 0.15) is 6.92 Å². The van der Waals surface area contributed by atoms with Gasteiger partial charge in [-0.2, -0.15) is 0 Å². The van der Waals surface area contributed by atoms with Crippen LogP contribution in [0.25, 0.3) is 0 Å². The molecule has 0 saturated carbocycles. The van der Waals surface area contributed by atoms with Gasteiger partial charge >= 0.3 is 0 Å². The second-order valence-electron chi connectivity index (χ2n) is 2.72. The van der Waals surface area contributed by atoms with Crippen molar-refractivity contribution in [3.8, 4) is 0 Å². The van der Waals surface area contributed by atoms with E-state index in [1.807, 2.05) is 30.3 Å². The van der Waals surface area contributed by atoms with E-state index in [0.29, 0.717) is 6.61 Å². The van der Waals surface area contributed by atoms with Crippen LogP contribution in [0.4, 0.5) is 0 Å². The third-order valence-corrected chi connectivity index (χ3v) is 1.59. The molecule has 0 spiro atoms. The summed E-state index contributed by atoms with van der Waals surface area (Å²) < 4.78 is 4.55. The highest BCUT2D eigenvalue weighted by molar-refractivity contribution is 7.27. The first-order valence-electron chi connectivity index (χ1n) is 4.14. The molecule has 1 aromatic carbocycles. The summed E-state index contributed by atoms with van der Waals surface area (Å²) >= 11 is 0. The summed E-state index contributed by atoms with van der Waals surface area (Å²) in [5, 5.41) is 9.67. The molecule has 2 unspecified atom stereocenters. The molecule has 0 amide bonds. The number of aliphatic hydroxyl groups is 1. The molecule has 0 bridgehead atoms. The van der Waals surface area contributed by atoms with Crippen LogP contribution in [0.3, 0.4) is 0 Å². The van der Waals surface area contributed by atoms with Crippen LogP contribution in [-0.2, 0) is 4.74 Å². The van der Waals surface area contributed by atoms with E-state index in [4.69, 9.17) is 5.11 Å². The molecule has 0 heterocycles. The summed E-state index contributed by atoms with van der Waals surface area (Å²) in [6.45, 7) is 2.11. The summed E-state index contributed by atoms with van der Waals surface area (Å²) in [4.78, 5) is 0. The lowest BCUT2D eigenvalue weighted by Gasteiger charge is -1.97. The number of methoxy groups -OCH3 is 1. The standard InChI is InChI=1S/C6H7P.C4H10O2/c7-6-4-2-1-3-5-6;1-4(5)3-6-2/h1-5H,7H2;4-5H,3H2,1-2H3. The van der Waals surface area contributed by atoms with Gasteiger partial charge in [-0.15, -0.1) is 9.24 Å². The molecular weight excluding hydrogens is 183 g/mol. The molecule has 0 fully saturated rings. The van der Waals surface area contributed by atoms with Gasteiger partial charge in [-0.3, -0.25) is 0 Å². The zero-order valence-electron chi connectivity index (χ0n) is 8.10. The Hall–Kier alpha value is -0.430. The number of hydrogen-bond donors (Lipinski definition) is 1. The fraction of sp³-hybridized carbons (Fsp3) is 0.400. The van der Waals surface area contributed by atoms with Gasteiger partial charge in [0.25, 0.3) is 0 Å². The summed E-state index contributed by atoms with van der Waals surface area (Å²) in [7, 11) is 4.19. The van der Waals surface area contributed by atoms with Gasteiger partial charge < -0.3 is 9.84 Å². The van der Waals surface area contributed by atoms with E-state index < -0.39 is 0 Å². The van der Waals surface area contributed by atoms with Crippen molar-refractivity contribution in [2.45, 2.75) is 13.0 Å². The van der Waals surface area contributed by atoms with Crippen LogP contribution in [0.2, 0.25) is 0 Å². The number of aliphatic hydroxyl groups excluding tert-OH is 1. The topological polar surface area (TPSA) is 29.5 Å². The van der Waals surface area contributed by atoms with E-state index >= 15 is 0 Å². The fourth-order valence-electron chi connectivity index (χ4n) is 0.694. The minimum atomic E-state index is -0.324. The zero-order valence-corrected chi connectivity index (χ0v) is 9.26. The van der Waals surface area contributed by atoms with Gasteiger partial charge in [0, 0.05) is 7.11 Å². The SMILES string of the molecule is COCC(C)O.Pc1ccccc1. The summed E-state index contributed by atoms with van der Waals surface area (Å²) in [5.41, 5.74) is 0. The van der Waals surface area contributed by atoms with Crippen molar-refractivity contribution in [1.82, 2.24) is 0 Å². The second-order valence-corrected chi connectivity index (χ2v) is 3.38. The molecule has 74 valence electrons. The fourth-order valence-corrected chi connectivity index (χ4v) is 0.916. The first kappa shape index (κ1) is 12.6. The first-order chi connectivity index (χ1) is 6.16. The molecule has 13 heavy (non-hydrogen) atoms. The van der Waals surface area contributed by atoms with Gasteiger partial charge in [0.2, 0.25) is 0 Å². The highest BCUT2D eigenvalue weighted by Gasteiger charge is 1.87. The minimum Gasteiger partial charge on any atom is -0.391 e. The lowest BCUT2D eigenvalue weighted by molar-refractivity contribution is 0.0765. The minimum absolute atomic E-state index is 0.324. The largest absolute Gasteiger partial charge is 0.391 e. The van der Waals surface area contributed by atoms with Gasteiger partial charge in [0.15, 0.2) is 0 Å². The van der Waals surface area contributed by atoms with Crippen molar-refractivity contribution in [1.29, 1.82) is 0 Å². The third-order valence-electron chi connectivity index (χ3n) is 1.21. The number of ether oxygens (including phenoxy) is 1.